The predicted octanol–water partition coefficient (Wildman–Crippen LogP) is 5.66. The molecule has 0 saturated heterocycles. The number of rotatable bonds is 8. The summed E-state index contributed by atoms with van der Waals surface area (Å²) in [5.74, 6) is -0.395. The highest BCUT2D eigenvalue weighted by atomic mass is 16.5. The van der Waals surface area contributed by atoms with Crippen LogP contribution in [0.5, 0.6) is 0 Å². The number of amides is 1. The summed E-state index contributed by atoms with van der Waals surface area (Å²) in [6.45, 7) is 8.33. The van der Waals surface area contributed by atoms with E-state index in [4.69, 9.17) is 16.2 Å². The second-order valence-electron chi connectivity index (χ2n) is 13.0. The van der Waals surface area contributed by atoms with Gasteiger partial charge in [-0.15, -0.1) is 0 Å². The maximum absolute atomic E-state index is 13.3. The molecule has 0 spiro atoms. The first-order chi connectivity index (χ1) is 19.4. The molecule has 2 aliphatic rings. The Labute approximate surface area is 241 Å². The van der Waals surface area contributed by atoms with Gasteiger partial charge in [-0.25, -0.2) is 0 Å². The number of fused-ring (bicyclic) bond motifs is 3. The largest absolute Gasteiger partial charge is 0.461 e. The number of ether oxygens (including phenoxy) is 1. The van der Waals surface area contributed by atoms with E-state index in [2.05, 4.69) is 25.2 Å². The molecule has 1 unspecified atom stereocenters. The standard InChI is InChI=1S/C33H42N4O4/c1-19(2)15-25(34)32(40)41-22-12-10-21(11-13-22)36-26-16-20(9-14-23(26)31(35)39)30-24-7-5-6-8-27(24)37-28(30)17-33(3,4)18-29(37)38/h5-9,14,16,19,21-22,25,36H,10-13,15,17-18,34H2,1-4H3,(H2,35,39). The number of nitrogens with one attached hydrogen (secondary N) is 1. The first-order valence-electron chi connectivity index (χ1n) is 14.8. The number of aromatic nitrogens is 1. The van der Waals surface area contributed by atoms with Crippen LogP contribution in [0.1, 0.15) is 87.1 Å². The summed E-state index contributed by atoms with van der Waals surface area (Å²) < 4.78 is 7.58. The number of nitrogens with zero attached hydrogens (tertiary/aromatic N) is 1. The van der Waals surface area contributed by atoms with E-state index in [1.54, 1.807) is 6.07 Å². The smallest absolute Gasteiger partial charge is 0.323 e. The molecule has 8 heteroatoms. The third kappa shape index (κ3) is 6.03. The lowest BCUT2D eigenvalue weighted by molar-refractivity contribution is -0.152. The molecule has 0 bridgehead atoms. The SMILES string of the molecule is CC(C)CC(N)C(=O)OC1CCC(Nc2cc(-c3c4n(c5ccccc35)C(=O)CC(C)(C)C4)ccc2C(N)=O)CC1. The summed E-state index contributed by atoms with van der Waals surface area (Å²) in [4.78, 5) is 38.1. The summed E-state index contributed by atoms with van der Waals surface area (Å²) in [7, 11) is 0. The van der Waals surface area contributed by atoms with Gasteiger partial charge in [0.05, 0.1) is 11.1 Å². The average molecular weight is 559 g/mol. The zero-order valence-corrected chi connectivity index (χ0v) is 24.5. The van der Waals surface area contributed by atoms with Crippen molar-refractivity contribution < 1.29 is 19.1 Å². The first kappa shape index (κ1) is 28.9. The van der Waals surface area contributed by atoms with Crippen LogP contribution in [0, 0.1) is 11.3 Å². The van der Waals surface area contributed by atoms with Gasteiger partial charge >= 0.3 is 5.97 Å². The molecule has 2 aromatic carbocycles. The number of esters is 1. The Morgan fingerprint density at radius 1 is 1.07 bits per heavy atom. The van der Waals surface area contributed by atoms with Gasteiger partial charge in [0.25, 0.3) is 5.91 Å². The van der Waals surface area contributed by atoms with Gasteiger partial charge in [-0.1, -0.05) is 52.0 Å². The predicted molar refractivity (Wildman–Crippen MR) is 162 cm³/mol. The summed E-state index contributed by atoms with van der Waals surface area (Å²) in [6, 6.07) is 13.2. The Hall–Kier alpha value is -3.65. The lowest BCUT2D eigenvalue weighted by atomic mass is 9.80. The molecule has 5 rings (SSSR count). The molecule has 3 aromatic rings. The van der Waals surface area contributed by atoms with Crippen molar-refractivity contribution in [1.82, 2.24) is 4.57 Å². The van der Waals surface area contributed by atoms with Crippen molar-refractivity contribution in [2.24, 2.45) is 22.8 Å². The number of para-hydroxylation sites is 1. The Morgan fingerprint density at radius 2 is 1.78 bits per heavy atom. The van der Waals surface area contributed by atoms with E-state index in [-0.39, 0.29) is 29.4 Å². The normalized spacial score (nSPS) is 21.0. The molecular formula is C33H42N4O4. The van der Waals surface area contributed by atoms with E-state index in [0.717, 1.165) is 59.8 Å². The molecule has 1 fully saturated rings. The fourth-order valence-corrected chi connectivity index (χ4v) is 6.51. The van der Waals surface area contributed by atoms with Crippen molar-refractivity contribution in [3.05, 3.63) is 53.7 Å². The minimum atomic E-state index is -0.594. The Kier molecular flexibility index (Phi) is 7.97. The van der Waals surface area contributed by atoms with E-state index in [9.17, 15) is 14.4 Å². The average Bonchev–Trinajstić information content (AvgIpc) is 3.22. The number of hydrogen-bond acceptors (Lipinski definition) is 6. The zero-order valence-electron chi connectivity index (χ0n) is 24.5. The van der Waals surface area contributed by atoms with Crippen molar-refractivity contribution in [3.8, 4) is 11.1 Å². The summed E-state index contributed by atoms with van der Waals surface area (Å²) in [6.07, 6.45) is 4.73. The van der Waals surface area contributed by atoms with Gasteiger partial charge in [-0.3, -0.25) is 19.0 Å². The number of primary amides is 1. The molecule has 2 heterocycles. The minimum absolute atomic E-state index is 0.0999. The Balaban J connectivity index is 1.40. The van der Waals surface area contributed by atoms with Gasteiger partial charge < -0.3 is 21.5 Å². The second kappa shape index (κ2) is 11.3. The van der Waals surface area contributed by atoms with Crippen LogP contribution in [0.4, 0.5) is 5.69 Å². The molecule has 1 aliphatic heterocycles. The topological polar surface area (TPSA) is 129 Å². The van der Waals surface area contributed by atoms with E-state index in [1.165, 1.54) is 0 Å². The molecule has 1 aliphatic carbocycles. The van der Waals surface area contributed by atoms with E-state index < -0.39 is 11.9 Å². The van der Waals surface area contributed by atoms with Gasteiger partial charge in [0.2, 0.25) is 5.91 Å². The quantitative estimate of drug-likeness (QED) is 0.306. The molecule has 8 nitrogen and oxygen atoms in total. The third-order valence-corrected chi connectivity index (χ3v) is 8.42. The Morgan fingerprint density at radius 3 is 2.46 bits per heavy atom. The van der Waals surface area contributed by atoms with Crippen LogP contribution in [0.15, 0.2) is 42.5 Å². The molecule has 1 atom stereocenters. The van der Waals surface area contributed by atoms with Gasteiger partial charge in [0.1, 0.15) is 12.1 Å². The number of benzene rings is 2. The molecular weight excluding hydrogens is 516 g/mol. The second-order valence-corrected chi connectivity index (χ2v) is 13.0. The zero-order chi connectivity index (χ0) is 29.5. The molecule has 41 heavy (non-hydrogen) atoms. The summed E-state index contributed by atoms with van der Waals surface area (Å²) >= 11 is 0. The minimum Gasteiger partial charge on any atom is -0.461 e. The Bertz CT molecular complexity index is 1480. The van der Waals surface area contributed by atoms with Crippen LogP contribution >= 0.6 is 0 Å². The molecule has 218 valence electrons. The van der Waals surface area contributed by atoms with Gasteiger partial charge in [-0.05, 0) is 73.6 Å². The summed E-state index contributed by atoms with van der Waals surface area (Å²) in [5, 5.41) is 4.59. The highest BCUT2D eigenvalue weighted by Crippen LogP contribution is 2.43. The highest BCUT2D eigenvalue weighted by Gasteiger charge is 2.35. The van der Waals surface area contributed by atoms with E-state index >= 15 is 0 Å². The highest BCUT2D eigenvalue weighted by molar-refractivity contribution is 6.06. The van der Waals surface area contributed by atoms with Crippen molar-refractivity contribution >= 4 is 34.4 Å². The molecule has 5 N–H and O–H groups in total. The van der Waals surface area contributed by atoms with Crippen LogP contribution in [0.3, 0.4) is 0 Å². The lowest BCUT2D eigenvalue weighted by Crippen LogP contribution is -2.38. The molecule has 0 radical (unpaired) electrons. The van der Waals surface area contributed by atoms with Crippen molar-refractivity contribution in [1.29, 1.82) is 0 Å². The maximum Gasteiger partial charge on any atom is 0.323 e. The third-order valence-electron chi connectivity index (χ3n) is 8.42. The van der Waals surface area contributed by atoms with Gasteiger partial charge in [-0.2, -0.15) is 0 Å². The van der Waals surface area contributed by atoms with Crippen LogP contribution in [0.25, 0.3) is 22.0 Å². The van der Waals surface area contributed by atoms with Gasteiger partial charge in [0.15, 0.2) is 0 Å². The first-order valence-corrected chi connectivity index (χ1v) is 14.8. The summed E-state index contributed by atoms with van der Waals surface area (Å²) in [5.41, 5.74) is 16.6. The molecule has 1 aromatic heterocycles. The number of carbonyl (C=O) groups is 3. The number of hydrogen-bond donors (Lipinski definition) is 3. The van der Waals surface area contributed by atoms with Crippen molar-refractivity contribution in [3.63, 3.8) is 0 Å². The van der Waals surface area contributed by atoms with Crippen LogP contribution < -0.4 is 16.8 Å². The maximum atomic E-state index is 13.3. The van der Waals surface area contributed by atoms with Gasteiger partial charge in [0, 0.05) is 34.8 Å². The van der Waals surface area contributed by atoms with E-state index in [1.807, 2.05) is 48.7 Å². The van der Waals surface area contributed by atoms with Crippen molar-refractivity contribution in [2.75, 3.05) is 5.32 Å². The molecule has 1 saturated carbocycles. The van der Waals surface area contributed by atoms with E-state index in [0.29, 0.717) is 30.0 Å². The van der Waals surface area contributed by atoms with Crippen LogP contribution in [-0.2, 0) is 16.0 Å². The van der Waals surface area contributed by atoms with Crippen LogP contribution in [0.2, 0.25) is 0 Å². The van der Waals surface area contributed by atoms with Crippen LogP contribution in [-0.4, -0.2) is 40.5 Å². The molecule has 1 amide bonds. The van der Waals surface area contributed by atoms with Crippen molar-refractivity contribution in [2.45, 2.75) is 90.8 Å². The lowest BCUT2D eigenvalue weighted by Gasteiger charge is -2.31. The fourth-order valence-electron chi connectivity index (χ4n) is 6.51. The fraction of sp³-hybridized carbons (Fsp3) is 0.485. The number of anilines is 1. The number of carbonyl (C=O) groups excluding carboxylic acids is 3. The monoisotopic (exact) mass is 558 g/mol. The number of nitrogens with two attached hydrogens (primary N) is 2.